The van der Waals surface area contributed by atoms with Gasteiger partial charge in [-0.05, 0) is 117 Å². The fourth-order valence-corrected chi connectivity index (χ4v) is 10.3. The van der Waals surface area contributed by atoms with Gasteiger partial charge in [0.2, 0.25) is 0 Å². The number of anilines is 3. The Labute approximate surface area is 322 Å². The van der Waals surface area contributed by atoms with Gasteiger partial charge in [0.15, 0.2) is 0 Å². The Morgan fingerprint density at radius 2 is 1.07 bits per heavy atom. The van der Waals surface area contributed by atoms with Gasteiger partial charge in [0.1, 0.15) is 11.2 Å². The molecule has 3 heteroatoms. The summed E-state index contributed by atoms with van der Waals surface area (Å²) in [5.74, 6) is 0. The smallest absolute Gasteiger partial charge is 0.145 e. The molecule has 2 aliphatic rings. The highest BCUT2D eigenvalue weighted by Gasteiger charge is 2.51. The van der Waals surface area contributed by atoms with Gasteiger partial charge in [-0.2, -0.15) is 0 Å². The molecule has 13 rings (SSSR count). The Kier molecular flexibility index (Phi) is 5.83. The first-order valence-electron chi connectivity index (χ1n) is 19.4. The van der Waals surface area contributed by atoms with E-state index in [1.165, 1.54) is 71.6 Å². The molecule has 3 nitrogen and oxygen atoms in total. The lowest BCUT2D eigenvalue weighted by Gasteiger charge is -2.40. The topological polar surface area (TPSA) is 21.3 Å². The van der Waals surface area contributed by atoms with E-state index in [1.807, 2.05) is 0 Å². The highest BCUT2D eigenvalue weighted by Crippen LogP contribution is 2.63. The maximum absolute atomic E-state index is 6.85. The zero-order valence-corrected chi connectivity index (χ0v) is 30.3. The zero-order chi connectivity index (χ0) is 36.5. The first-order valence-corrected chi connectivity index (χ1v) is 19.4. The molecular weight excluding hydrogens is 681 g/mol. The number of hydrogen-bond donors (Lipinski definition) is 0. The molecule has 11 aromatic rings. The van der Waals surface area contributed by atoms with Crippen molar-refractivity contribution >= 4 is 71.6 Å². The predicted molar refractivity (Wildman–Crippen MR) is 231 cm³/mol. The van der Waals surface area contributed by atoms with Crippen LogP contribution in [-0.2, 0) is 5.41 Å². The minimum absolute atomic E-state index is 0.608. The molecule has 0 bridgehead atoms. The molecule has 1 aliphatic heterocycles. The van der Waals surface area contributed by atoms with Crippen LogP contribution < -0.4 is 4.90 Å². The van der Waals surface area contributed by atoms with Crippen molar-refractivity contribution in [3.8, 4) is 16.8 Å². The van der Waals surface area contributed by atoms with Crippen molar-refractivity contribution in [1.82, 2.24) is 4.57 Å². The van der Waals surface area contributed by atoms with Crippen LogP contribution in [0.15, 0.2) is 199 Å². The van der Waals surface area contributed by atoms with E-state index in [0.29, 0.717) is 0 Å². The molecule has 56 heavy (non-hydrogen) atoms. The molecule has 0 saturated carbocycles. The second kappa shape index (κ2) is 10.9. The number of para-hydroxylation sites is 5. The number of aromatic nitrogens is 1. The van der Waals surface area contributed by atoms with E-state index in [4.69, 9.17) is 4.42 Å². The summed E-state index contributed by atoms with van der Waals surface area (Å²) in [5, 5.41) is 7.14. The predicted octanol–water partition coefficient (Wildman–Crippen LogP) is 14.0. The van der Waals surface area contributed by atoms with Crippen molar-refractivity contribution in [2.75, 3.05) is 4.90 Å². The fraction of sp³-hybridized carbons (Fsp3) is 0.0189. The van der Waals surface area contributed by atoms with Crippen LogP contribution in [0.3, 0.4) is 0 Å². The van der Waals surface area contributed by atoms with E-state index in [-0.39, 0.29) is 0 Å². The zero-order valence-electron chi connectivity index (χ0n) is 30.3. The van der Waals surface area contributed by atoms with Gasteiger partial charge in [-0.3, -0.25) is 0 Å². The second-order valence-electron chi connectivity index (χ2n) is 15.2. The Balaban J connectivity index is 1.22. The Bertz CT molecular complexity index is 3390. The summed E-state index contributed by atoms with van der Waals surface area (Å²) < 4.78 is 9.36. The van der Waals surface area contributed by atoms with Crippen LogP contribution in [0, 0.1) is 0 Å². The lowest BCUT2D eigenvalue weighted by molar-refractivity contribution is 0.672. The van der Waals surface area contributed by atoms with E-state index in [0.717, 1.165) is 39.0 Å². The third kappa shape index (κ3) is 3.72. The molecule has 1 spiro atoms. The third-order valence-corrected chi connectivity index (χ3v) is 12.5. The number of furan rings is 1. The van der Waals surface area contributed by atoms with Crippen LogP contribution in [0.5, 0.6) is 0 Å². The van der Waals surface area contributed by atoms with Gasteiger partial charge in [-0.25, -0.2) is 0 Å². The van der Waals surface area contributed by atoms with Gasteiger partial charge < -0.3 is 13.9 Å². The molecule has 0 N–H and O–H groups in total. The summed E-state index contributed by atoms with van der Waals surface area (Å²) in [6, 6.07) is 71.3. The Morgan fingerprint density at radius 1 is 0.429 bits per heavy atom. The van der Waals surface area contributed by atoms with Crippen LogP contribution in [0.1, 0.15) is 22.3 Å². The first kappa shape index (κ1) is 30.0. The molecule has 260 valence electrons. The van der Waals surface area contributed by atoms with Crippen LogP contribution in [0.2, 0.25) is 0 Å². The van der Waals surface area contributed by atoms with Gasteiger partial charge in [-0.15, -0.1) is 0 Å². The van der Waals surface area contributed by atoms with E-state index >= 15 is 0 Å². The van der Waals surface area contributed by atoms with Crippen molar-refractivity contribution in [3.05, 3.63) is 216 Å². The second-order valence-corrected chi connectivity index (χ2v) is 15.2. The maximum Gasteiger partial charge on any atom is 0.145 e. The van der Waals surface area contributed by atoms with E-state index in [9.17, 15) is 0 Å². The summed E-state index contributed by atoms with van der Waals surface area (Å²) in [4.78, 5) is 2.38. The molecule has 0 amide bonds. The first-order chi connectivity index (χ1) is 27.8. The molecule has 0 radical (unpaired) electrons. The Hall–Kier alpha value is -7.36. The minimum Gasteiger partial charge on any atom is -0.455 e. The Morgan fingerprint density at radius 3 is 1.88 bits per heavy atom. The normalized spacial score (nSPS) is 15.2. The lowest BCUT2D eigenvalue weighted by atomic mass is 9.65. The largest absolute Gasteiger partial charge is 0.455 e. The molecule has 3 heterocycles. The third-order valence-electron chi connectivity index (χ3n) is 12.5. The molecule has 9 aromatic carbocycles. The number of hydrogen-bond acceptors (Lipinski definition) is 2. The van der Waals surface area contributed by atoms with Crippen molar-refractivity contribution in [3.63, 3.8) is 0 Å². The SMILES string of the molecule is c1ccc(N(c2ccccc2)c2ccc3c(c2)-c2cc4ccccc4cc2C32c3ccccc3-n3c4ccccc4c4c5oc6ccccc6c5cc2c43)cc1. The standard InChI is InChI=1S/C53H32N2O/c1-3-17-35(18-4-1)54(36-19-5-2-6-20-36)37-27-28-43-41(31-37)40-29-33-15-7-8-16-34(33)30-45(40)53(43)44-23-11-13-25-48(44)55-47-24-12-9-22-39(47)50-51(55)46(53)32-42-38-21-10-14-26-49(38)56-52(42)50/h1-32H. The average Bonchev–Trinajstić information content (AvgIpc) is 3.90. The highest BCUT2D eigenvalue weighted by molar-refractivity contribution is 6.26. The molecular formula is C53H32N2O. The van der Waals surface area contributed by atoms with Crippen molar-refractivity contribution in [1.29, 1.82) is 0 Å². The quantitative estimate of drug-likeness (QED) is 0.182. The van der Waals surface area contributed by atoms with Crippen LogP contribution >= 0.6 is 0 Å². The molecule has 1 unspecified atom stereocenters. The minimum atomic E-state index is -0.608. The molecule has 1 atom stereocenters. The number of nitrogens with zero attached hydrogens (tertiary/aromatic N) is 2. The molecule has 0 saturated heterocycles. The summed E-state index contributed by atoms with van der Waals surface area (Å²) in [5.41, 5.74) is 15.9. The maximum atomic E-state index is 6.85. The van der Waals surface area contributed by atoms with Crippen LogP contribution in [-0.4, -0.2) is 4.57 Å². The lowest BCUT2D eigenvalue weighted by Crippen LogP contribution is -2.33. The van der Waals surface area contributed by atoms with Crippen molar-refractivity contribution < 1.29 is 4.42 Å². The summed E-state index contributed by atoms with van der Waals surface area (Å²) in [6.45, 7) is 0. The van der Waals surface area contributed by atoms with Gasteiger partial charge in [-0.1, -0.05) is 121 Å². The summed E-state index contributed by atoms with van der Waals surface area (Å²) >= 11 is 0. The summed E-state index contributed by atoms with van der Waals surface area (Å²) in [7, 11) is 0. The molecule has 2 aromatic heterocycles. The monoisotopic (exact) mass is 712 g/mol. The van der Waals surface area contributed by atoms with E-state index in [2.05, 4.69) is 204 Å². The number of benzene rings is 9. The van der Waals surface area contributed by atoms with Gasteiger partial charge >= 0.3 is 0 Å². The van der Waals surface area contributed by atoms with Gasteiger partial charge in [0.05, 0.1) is 27.5 Å². The number of rotatable bonds is 3. The average molecular weight is 713 g/mol. The van der Waals surface area contributed by atoms with Crippen LogP contribution in [0.4, 0.5) is 17.1 Å². The van der Waals surface area contributed by atoms with Gasteiger partial charge in [0, 0.05) is 33.2 Å². The highest BCUT2D eigenvalue weighted by atomic mass is 16.3. The van der Waals surface area contributed by atoms with Crippen LogP contribution in [0.25, 0.3) is 71.3 Å². The molecule has 0 fully saturated rings. The van der Waals surface area contributed by atoms with Crippen molar-refractivity contribution in [2.45, 2.75) is 5.41 Å². The summed E-state index contributed by atoms with van der Waals surface area (Å²) in [6.07, 6.45) is 0. The van der Waals surface area contributed by atoms with E-state index in [1.54, 1.807) is 0 Å². The van der Waals surface area contributed by atoms with Gasteiger partial charge in [0.25, 0.3) is 0 Å². The fourth-order valence-electron chi connectivity index (χ4n) is 10.3. The van der Waals surface area contributed by atoms with Crippen molar-refractivity contribution in [2.24, 2.45) is 0 Å². The number of fused-ring (bicyclic) bond motifs is 17. The molecule has 1 aliphatic carbocycles. The van der Waals surface area contributed by atoms with E-state index < -0.39 is 5.41 Å².